The van der Waals surface area contributed by atoms with Crippen LogP contribution in [0.4, 0.5) is 4.79 Å². The molecular weight excluding hydrogens is 286 g/mol. The second-order valence-corrected chi connectivity index (χ2v) is 6.90. The van der Waals surface area contributed by atoms with E-state index in [1.165, 1.54) is 12.8 Å². The Kier molecular flexibility index (Phi) is 5.58. The van der Waals surface area contributed by atoms with Crippen molar-refractivity contribution in [3.8, 4) is 0 Å². The van der Waals surface area contributed by atoms with Gasteiger partial charge in [-0.3, -0.25) is 0 Å². The fourth-order valence-corrected chi connectivity index (χ4v) is 3.49. The minimum atomic E-state index is -0.741. The summed E-state index contributed by atoms with van der Waals surface area (Å²) < 4.78 is 0. The molecule has 6 heteroatoms. The van der Waals surface area contributed by atoms with E-state index in [9.17, 15) is 9.90 Å². The Morgan fingerprint density at radius 3 is 2.67 bits per heavy atom. The van der Waals surface area contributed by atoms with Gasteiger partial charge in [0.25, 0.3) is 0 Å². The van der Waals surface area contributed by atoms with Crippen molar-refractivity contribution in [2.75, 3.05) is 6.54 Å². The van der Waals surface area contributed by atoms with Crippen LogP contribution in [0.5, 0.6) is 0 Å². The van der Waals surface area contributed by atoms with E-state index >= 15 is 0 Å². The van der Waals surface area contributed by atoms with Crippen LogP contribution in [0.2, 0.25) is 0 Å². The van der Waals surface area contributed by atoms with Gasteiger partial charge in [0.1, 0.15) is 5.01 Å². The number of nitrogens with zero attached hydrogens (tertiary/aromatic N) is 1. The average Bonchev–Trinajstić information content (AvgIpc) is 2.76. The van der Waals surface area contributed by atoms with E-state index in [2.05, 4.69) is 15.6 Å². The van der Waals surface area contributed by atoms with Crippen LogP contribution in [-0.4, -0.2) is 28.3 Å². The van der Waals surface area contributed by atoms with Crippen molar-refractivity contribution in [1.29, 1.82) is 0 Å². The molecule has 2 amide bonds. The SMILES string of the molecule is Cc1csc(C(C)NC(=O)NCC2(O)CCCCCC2)n1. The molecule has 1 fully saturated rings. The molecule has 5 nitrogen and oxygen atoms in total. The summed E-state index contributed by atoms with van der Waals surface area (Å²) in [6.45, 7) is 4.18. The molecule has 0 aromatic carbocycles. The van der Waals surface area contributed by atoms with Gasteiger partial charge in [0.2, 0.25) is 0 Å². The molecule has 1 unspecified atom stereocenters. The minimum Gasteiger partial charge on any atom is -0.388 e. The van der Waals surface area contributed by atoms with Gasteiger partial charge >= 0.3 is 6.03 Å². The zero-order valence-corrected chi connectivity index (χ0v) is 13.6. The molecule has 0 saturated heterocycles. The summed E-state index contributed by atoms with van der Waals surface area (Å²) >= 11 is 1.54. The Morgan fingerprint density at radius 1 is 1.43 bits per heavy atom. The Labute approximate surface area is 130 Å². The van der Waals surface area contributed by atoms with Gasteiger partial charge in [-0.1, -0.05) is 25.7 Å². The molecule has 0 aliphatic heterocycles. The Hall–Kier alpha value is -1.14. The number of carbonyl (C=O) groups is 1. The third-order valence-electron chi connectivity index (χ3n) is 3.97. The van der Waals surface area contributed by atoms with Crippen LogP contribution in [0, 0.1) is 6.92 Å². The van der Waals surface area contributed by atoms with E-state index in [1.807, 2.05) is 19.2 Å². The van der Waals surface area contributed by atoms with E-state index in [4.69, 9.17) is 0 Å². The highest BCUT2D eigenvalue weighted by atomic mass is 32.1. The van der Waals surface area contributed by atoms with Crippen LogP contribution in [-0.2, 0) is 0 Å². The number of nitrogens with one attached hydrogen (secondary N) is 2. The molecule has 2 rings (SSSR count). The number of aryl methyl sites for hydroxylation is 1. The molecule has 1 aromatic heterocycles. The second kappa shape index (κ2) is 7.22. The molecule has 1 aliphatic carbocycles. The van der Waals surface area contributed by atoms with Crippen LogP contribution < -0.4 is 10.6 Å². The normalized spacial score (nSPS) is 19.6. The molecule has 21 heavy (non-hydrogen) atoms. The fourth-order valence-electron chi connectivity index (χ4n) is 2.69. The highest BCUT2D eigenvalue weighted by Crippen LogP contribution is 2.26. The summed E-state index contributed by atoms with van der Waals surface area (Å²) in [6.07, 6.45) is 5.97. The first-order valence-corrected chi connectivity index (χ1v) is 8.55. The molecule has 1 aromatic rings. The highest BCUT2D eigenvalue weighted by Gasteiger charge is 2.28. The zero-order valence-electron chi connectivity index (χ0n) is 12.8. The van der Waals surface area contributed by atoms with E-state index in [1.54, 1.807) is 11.3 Å². The van der Waals surface area contributed by atoms with Crippen molar-refractivity contribution >= 4 is 17.4 Å². The van der Waals surface area contributed by atoms with Crippen molar-refractivity contribution in [3.63, 3.8) is 0 Å². The third kappa shape index (κ3) is 4.97. The predicted octanol–water partition coefficient (Wildman–Crippen LogP) is 2.90. The van der Waals surface area contributed by atoms with Gasteiger partial charge in [0.05, 0.1) is 11.6 Å². The number of amides is 2. The van der Waals surface area contributed by atoms with Gasteiger partial charge < -0.3 is 15.7 Å². The molecule has 0 bridgehead atoms. The minimum absolute atomic E-state index is 0.118. The van der Waals surface area contributed by atoms with Crippen LogP contribution in [0.3, 0.4) is 0 Å². The van der Waals surface area contributed by atoms with E-state index < -0.39 is 5.60 Å². The van der Waals surface area contributed by atoms with Gasteiger partial charge in [0.15, 0.2) is 0 Å². The van der Waals surface area contributed by atoms with Gasteiger partial charge in [0, 0.05) is 17.6 Å². The highest BCUT2D eigenvalue weighted by molar-refractivity contribution is 7.09. The van der Waals surface area contributed by atoms with Crippen molar-refractivity contribution < 1.29 is 9.90 Å². The summed E-state index contributed by atoms with van der Waals surface area (Å²) in [5.74, 6) is 0. The summed E-state index contributed by atoms with van der Waals surface area (Å²) in [7, 11) is 0. The number of urea groups is 1. The third-order valence-corrected chi connectivity index (χ3v) is 5.11. The van der Waals surface area contributed by atoms with Crippen molar-refractivity contribution in [3.05, 3.63) is 16.1 Å². The summed E-state index contributed by atoms with van der Waals surface area (Å²) in [5, 5.41) is 19.0. The monoisotopic (exact) mass is 311 g/mol. The quantitative estimate of drug-likeness (QED) is 0.749. The molecular formula is C15H25N3O2S. The van der Waals surface area contributed by atoms with Gasteiger partial charge in [-0.05, 0) is 26.7 Å². The Morgan fingerprint density at radius 2 is 2.10 bits per heavy atom. The maximum atomic E-state index is 11.9. The van der Waals surface area contributed by atoms with E-state index in [0.717, 1.165) is 36.4 Å². The fraction of sp³-hybridized carbons (Fsp3) is 0.733. The summed E-state index contributed by atoms with van der Waals surface area (Å²) in [4.78, 5) is 16.3. The first-order valence-electron chi connectivity index (χ1n) is 7.67. The molecule has 1 atom stereocenters. The number of aliphatic hydroxyl groups is 1. The maximum absolute atomic E-state index is 11.9. The molecule has 0 radical (unpaired) electrons. The van der Waals surface area contributed by atoms with Crippen molar-refractivity contribution in [2.24, 2.45) is 0 Å². The smallest absolute Gasteiger partial charge is 0.315 e. The van der Waals surface area contributed by atoms with Crippen molar-refractivity contribution in [1.82, 2.24) is 15.6 Å². The lowest BCUT2D eigenvalue weighted by atomic mass is 9.95. The van der Waals surface area contributed by atoms with E-state index in [-0.39, 0.29) is 12.1 Å². The van der Waals surface area contributed by atoms with Crippen LogP contribution in [0.25, 0.3) is 0 Å². The first kappa shape index (κ1) is 16.2. The summed E-state index contributed by atoms with van der Waals surface area (Å²) in [6, 6.07) is -0.361. The number of aromatic nitrogens is 1. The lowest BCUT2D eigenvalue weighted by Crippen LogP contribution is -2.46. The van der Waals surface area contributed by atoms with E-state index in [0.29, 0.717) is 6.54 Å². The number of hydrogen-bond donors (Lipinski definition) is 3. The molecule has 118 valence electrons. The van der Waals surface area contributed by atoms with Crippen molar-refractivity contribution in [2.45, 2.75) is 64.0 Å². The topological polar surface area (TPSA) is 74.2 Å². The number of carbonyl (C=O) groups excluding carboxylic acids is 1. The Bertz CT molecular complexity index is 467. The van der Waals surface area contributed by atoms with Crippen LogP contribution >= 0.6 is 11.3 Å². The first-order chi connectivity index (χ1) is 9.98. The average molecular weight is 311 g/mol. The number of hydrogen-bond acceptors (Lipinski definition) is 4. The zero-order chi connectivity index (χ0) is 15.3. The van der Waals surface area contributed by atoms with Crippen LogP contribution in [0.1, 0.15) is 62.2 Å². The second-order valence-electron chi connectivity index (χ2n) is 6.01. The molecule has 1 saturated carbocycles. The van der Waals surface area contributed by atoms with Gasteiger partial charge in [-0.2, -0.15) is 0 Å². The lowest BCUT2D eigenvalue weighted by Gasteiger charge is -2.27. The lowest BCUT2D eigenvalue weighted by molar-refractivity contribution is 0.0276. The molecule has 1 heterocycles. The maximum Gasteiger partial charge on any atom is 0.315 e. The number of rotatable bonds is 4. The Balaban J connectivity index is 1.78. The standard InChI is InChI=1S/C15H25N3O2S/c1-11-9-21-13(17-11)12(2)18-14(19)16-10-15(20)7-5-3-4-6-8-15/h9,12,20H,3-8,10H2,1-2H3,(H2,16,18,19). The molecule has 0 spiro atoms. The molecule has 1 aliphatic rings. The van der Waals surface area contributed by atoms with Gasteiger partial charge in [-0.25, -0.2) is 9.78 Å². The number of thiazole rings is 1. The summed E-state index contributed by atoms with van der Waals surface area (Å²) in [5.41, 5.74) is 0.228. The largest absolute Gasteiger partial charge is 0.388 e. The van der Waals surface area contributed by atoms with Crippen LogP contribution in [0.15, 0.2) is 5.38 Å². The van der Waals surface area contributed by atoms with Gasteiger partial charge in [-0.15, -0.1) is 11.3 Å². The molecule has 3 N–H and O–H groups in total. The predicted molar refractivity (Wildman–Crippen MR) is 84.5 cm³/mol.